The number of nitrogens with zero attached hydrogens (tertiary/aromatic N) is 2. The van der Waals surface area contributed by atoms with E-state index in [1.165, 1.54) is 0 Å². The molecule has 0 saturated carbocycles. The zero-order valence-corrected chi connectivity index (χ0v) is 16.4. The van der Waals surface area contributed by atoms with E-state index in [2.05, 4.69) is 9.89 Å². The van der Waals surface area contributed by atoms with Crippen LogP contribution in [0.25, 0.3) is 0 Å². The van der Waals surface area contributed by atoms with Crippen molar-refractivity contribution in [3.63, 3.8) is 0 Å². The highest BCUT2D eigenvalue weighted by Crippen LogP contribution is 2.22. The van der Waals surface area contributed by atoms with Crippen LogP contribution in [0.5, 0.6) is 0 Å². The second kappa shape index (κ2) is 10.0. The molecule has 0 bridgehead atoms. The zero-order chi connectivity index (χ0) is 14.4. The third-order valence-corrected chi connectivity index (χ3v) is 4.76. The molecule has 1 aliphatic rings. The van der Waals surface area contributed by atoms with E-state index >= 15 is 0 Å². The summed E-state index contributed by atoms with van der Waals surface area (Å²) in [6.07, 6.45) is 1.83. The fraction of sp³-hybridized carbons (Fsp3) is 0.500. The first-order valence-electron chi connectivity index (χ1n) is 6.73. The van der Waals surface area contributed by atoms with Crippen LogP contribution in [0.4, 0.5) is 0 Å². The Balaban J connectivity index is 0.00000220. The molecule has 1 heterocycles. The lowest BCUT2D eigenvalue weighted by Crippen LogP contribution is -2.42. The van der Waals surface area contributed by atoms with Crippen molar-refractivity contribution in [3.8, 4) is 0 Å². The number of hydrogen-bond donors (Lipinski definition) is 1. The maximum absolute atomic E-state index is 6.14. The first-order chi connectivity index (χ1) is 9.66. The lowest BCUT2D eigenvalue weighted by atomic mass is 10.1. The lowest BCUT2D eigenvalue weighted by molar-refractivity contribution is 0.455. The number of thioether (sulfide) groups is 1. The van der Waals surface area contributed by atoms with Gasteiger partial charge in [-0.3, -0.25) is 4.99 Å². The summed E-state index contributed by atoms with van der Waals surface area (Å²) >= 11 is 14.0. The molecule has 1 fully saturated rings. The van der Waals surface area contributed by atoms with Gasteiger partial charge in [0.1, 0.15) is 0 Å². The predicted molar refractivity (Wildman–Crippen MR) is 106 cm³/mol. The molecule has 0 amide bonds. The normalized spacial score (nSPS) is 15.7. The first-order valence-corrected chi connectivity index (χ1v) is 8.64. The molecule has 1 aromatic carbocycles. The molecule has 0 aliphatic carbocycles. The Morgan fingerprint density at radius 1 is 1.29 bits per heavy atom. The number of halogens is 3. The summed E-state index contributed by atoms with van der Waals surface area (Å²) in [5.74, 6) is 2.94. The molecule has 0 atom stereocenters. The van der Waals surface area contributed by atoms with Crippen molar-refractivity contribution in [1.29, 1.82) is 0 Å². The quantitative estimate of drug-likeness (QED) is 0.321. The van der Waals surface area contributed by atoms with Crippen LogP contribution >= 0.6 is 58.9 Å². The summed E-state index contributed by atoms with van der Waals surface area (Å²) in [6, 6.07) is 5.62. The SMILES string of the molecule is I.NC(=NCCCc1ccc(Cl)cc1Cl)N1CCSCC1. The van der Waals surface area contributed by atoms with Crippen molar-refractivity contribution in [3.05, 3.63) is 33.8 Å². The Hall–Kier alpha value is 0.150. The summed E-state index contributed by atoms with van der Waals surface area (Å²) < 4.78 is 0. The van der Waals surface area contributed by atoms with E-state index in [1.807, 2.05) is 23.9 Å². The van der Waals surface area contributed by atoms with Crippen molar-refractivity contribution in [2.45, 2.75) is 12.8 Å². The molecule has 118 valence electrons. The number of hydrogen-bond acceptors (Lipinski definition) is 2. The minimum absolute atomic E-state index is 0. The summed E-state index contributed by atoms with van der Waals surface area (Å²) in [7, 11) is 0. The molecule has 0 spiro atoms. The van der Waals surface area contributed by atoms with Crippen LogP contribution in [0, 0.1) is 0 Å². The molecule has 1 saturated heterocycles. The molecule has 2 N–H and O–H groups in total. The smallest absolute Gasteiger partial charge is 0.191 e. The van der Waals surface area contributed by atoms with Crippen LogP contribution in [0.1, 0.15) is 12.0 Å². The molecular weight excluding hydrogens is 440 g/mol. The molecule has 2 rings (SSSR count). The van der Waals surface area contributed by atoms with Gasteiger partial charge in [-0.05, 0) is 30.5 Å². The summed E-state index contributed by atoms with van der Waals surface area (Å²) in [5, 5.41) is 1.39. The van der Waals surface area contributed by atoms with Gasteiger partial charge < -0.3 is 10.6 Å². The zero-order valence-electron chi connectivity index (χ0n) is 11.7. The van der Waals surface area contributed by atoms with Gasteiger partial charge in [0.25, 0.3) is 0 Å². The largest absolute Gasteiger partial charge is 0.370 e. The van der Waals surface area contributed by atoms with Gasteiger partial charge in [-0.15, -0.1) is 24.0 Å². The predicted octanol–water partition coefficient (Wildman–Crippen LogP) is 3.91. The third-order valence-electron chi connectivity index (χ3n) is 3.23. The molecule has 21 heavy (non-hydrogen) atoms. The maximum atomic E-state index is 6.14. The highest BCUT2D eigenvalue weighted by atomic mass is 127. The molecule has 7 heteroatoms. The Bertz CT molecular complexity index is 479. The fourth-order valence-electron chi connectivity index (χ4n) is 2.08. The van der Waals surface area contributed by atoms with Gasteiger partial charge in [-0.1, -0.05) is 29.3 Å². The maximum Gasteiger partial charge on any atom is 0.191 e. The van der Waals surface area contributed by atoms with Crippen LogP contribution in [-0.4, -0.2) is 42.0 Å². The summed E-state index contributed by atoms with van der Waals surface area (Å²) in [5.41, 5.74) is 7.11. The average Bonchev–Trinajstić information content (AvgIpc) is 2.46. The van der Waals surface area contributed by atoms with Gasteiger partial charge >= 0.3 is 0 Å². The molecule has 0 radical (unpaired) electrons. The number of nitrogens with two attached hydrogens (primary N) is 1. The highest BCUT2D eigenvalue weighted by molar-refractivity contribution is 14.0. The molecule has 1 aromatic rings. The molecule has 1 aliphatic heterocycles. The minimum atomic E-state index is 0. The van der Waals surface area contributed by atoms with E-state index < -0.39 is 0 Å². The van der Waals surface area contributed by atoms with Gasteiger partial charge in [0.05, 0.1) is 0 Å². The molecular formula is C14H20Cl2IN3S. The summed E-state index contributed by atoms with van der Waals surface area (Å²) in [6.45, 7) is 2.74. The Morgan fingerprint density at radius 3 is 2.67 bits per heavy atom. The molecule has 0 unspecified atom stereocenters. The number of benzene rings is 1. The van der Waals surface area contributed by atoms with Crippen molar-refractivity contribution in [2.24, 2.45) is 10.7 Å². The van der Waals surface area contributed by atoms with Crippen LogP contribution in [0.3, 0.4) is 0 Å². The van der Waals surface area contributed by atoms with Gasteiger partial charge in [-0.25, -0.2) is 0 Å². The van der Waals surface area contributed by atoms with Gasteiger partial charge in [0.2, 0.25) is 0 Å². The second-order valence-electron chi connectivity index (χ2n) is 4.68. The number of rotatable bonds is 4. The molecule has 0 aromatic heterocycles. The number of aryl methyl sites for hydroxylation is 1. The Labute approximate surface area is 157 Å². The lowest BCUT2D eigenvalue weighted by Gasteiger charge is -2.27. The van der Waals surface area contributed by atoms with E-state index in [0.717, 1.165) is 54.6 Å². The van der Waals surface area contributed by atoms with Gasteiger partial charge in [0.15, 0.2) is 5.96 Å². The fourth-order valence-corrected chi connectivity index (χ4v) is 3.49. The Kier molecular flexibility index (Phi) is 9.16. The van der Waals surface area contributed by atoms with Gasteiger partial charge in [0, 0.05) is 41.2 Å². The van der Waals surface area contributed by atoms with E-state index in [4.69, 9.17) is 28.9 Å². The van der Waals surface area contributed by atoms with Crippen molar-refractivity contribution >= 4 is 64.9 Å². The topological polar surface area (TPSA) is 41.6 Å². The van der Waals surface area contributed by atoms with Gasteiger partial charge in [-0.2, -0.15) is 11.8 Å². The third kappa shape index (κ3) is 6.42. The van der Waals surface area contributed by atoms with Crippen molar-refractivity contribution < 1.29 is 0 Å². The van der Waals surface area contributed by atoms with Crippen molar-refractivity contribution in [2.75, 3.05) is 31.1 Å². The average molecular weight is 460 g/mol. The van der Waals surface area contributed by atoms with Crippen LogP contribution in [0.2, 0.25) is 10.0 Å². The number of guanidine groups is 1. The Morgan fingerprint density at radius 2 is 2.00 bits per heavy atom. The van der Waals surface area contributed by atoms with E-state index in [0.29, 0.717) is 11.0 Å². The number of aliphatic imine (C=N–C) groups is 1. The van der Waals surface area contributed by atoms with E-state index in [-0.39, 0.29) is 24.0 Å². The standard InChI is InChI=1S/C14H19Cl2N3S.HI/c15-12-4-3-11(13(16)10-12)2-1-5-18-14(17)19-6-8-20-9-7-19;/h3-4,10H,1-2,5-9H2,(H2,17,18);1H. The van der Waals surface area contributed by atoms with E-state index in [9.17, 15) is 0 Å². The molecule has 3 nitrogen and oxygen atoms in total. The second-order valence-corrected chi connectivity index (χ2v) is 6.75. The van der Waals surface area contributed by atoms with Crippen molar-refractivity contribution in [1.82, 2.24) is 4.90 Å². The summed E-state index contributed by atoms with van der Waals surface area (Å²) in [4.78, 5) is 6.61. The van der Waals surface area contributed by atoms with Crippen LogP contribution in [-0.2, 0) is 6.42 Å². The van der Waals surface area contributed by atoms with E-state index in [1.54, 1.807) is 6.07 Å². The monoisotopic (exact) mass is 459 g/mol. The van der Waals surface area contributed by atoms with Crippen LogP contribution in [0.15, 0.2) is 23.2 Å². The first kappa shape index (κ1) is 19.2. The van der Waals surface area contributed by atoms with Crippen LogP contribution < -0.4 is 5.73 Å². The minimum Gasteiger partial charge on any atom is -0.370 e. The highest BCUT2D eigenvalue weighted by Gasteiger charge is 2.11.